The van der Waals surface area contributed by atoms with Crippen LogP contribution in [0.5, 0.6) is 0 Å². The predicted molar refractivity (Wildman–Crippen MR) is 97.3 cm³/mol. The van der Waals surface area contributed by atoms with E-state index in [9.17, 15) is 9.90 Å². The molecule has 3 rings (SSSR count). The Morgan fingerprint density at radius 3 is 2.38 bits per heavy atom. The number of aromatic carboxylic acids is 1. The fraction of sp³-hybridized carbons (Fsp3) is 0.0952. The highest BCUT2D eigenvalue weighted by molar-refractivity contribution is 5.91. The molecule has 0 aliphatic rings. The molecule has 3 aromatic carbocycles. The summed E-state index contributed by atoms with van der Waals surface area (Å²) in [7, 11) is 0. The van der Waals surface area contributed by atoms with Gasteiger partial charge in [-0.1, -0.05) is 54.6 Å². The maximum absolute atomic E-state index is 11.2. The summed E-state index contributed by atoms with van der Waals surface area (Å²) in [6, 6.07) is 23.9. The molecule has 0 aromatic heterocycles. The molecule has 0 amide bonds. The SMILES string of the molecule is Cc1c(NCc2cccc(-c3ccccc3)c2)cccc1C(=O)O. The largest absolute Gasteiger partial charge is 0.478 e. The quantitative estimate of drug-likeness (QED) is 0.698. The highest BCUT2D eigenvalue weighted by Crippen LogP contribution is 2.22. The van der Waals surface area contributed by atoms with Crippen LogP contribution in [0, 0.1) is 6.92 Å². The number of carboxylic acids is 1. The number of anilines is 1. The first-order valence-electron chi connectivity index (χ1n) is 7.86. The molecule has 0 radical (unpaired) electrons. The zero-order chi connectivity index (χ0) is 16.9. The fourth-order valence-electron chi connectivity index (χ4n) is 2.75. The third-order valence-corrected chi connectivity index (χ3v) is 4.08. The van der Waals surface area contributed by atoms with Gasteiger partial charge in [-0.15, -0.1) is 0 Å². The summed E-state index contributed by atoms with van der Waals surface area (Å²) >= 11 is 0. The molecule has 3 heteroatoms. The van der Waals surface area contributed by atoms with Gasteiger partial charge < -0.3 is 10.4 Å². The molecular formula is C21H19NO2. The molecule has 0 atom stereocenters. The van der Waals surface area contributed by atoms with Gasteiger partial charge in [0.1, 0.15) is 0 Å². The fourth-order valence-corrected chi connectivity index (χ4v) is 2.75. The molecular weight excluding hydrogens is 298 g/mol. The third-order valence-electron chi connectivity index (χ3n) is 4.08. The van der Waals surface area contributed by atoms with E-state index in [4.69, 9.17) is 0 Å². The van der Waals surface area contributed by atoms with E-state index in [-0.39, 0.29) is 0 Å². The van der Waals surface area contributed by atoms with E-state index < -0.39 is 5.97 Å². The van der Waals surface area contributed by atoms with Crippen LogP contribution in [0.15, 0.2) is 72.8 Å². The number of carboxylic acid groups (broad SMARTS) is 1. The monoisotopic (exact) mass is 317 g/mol. The Labute approximate surface area is 141 Å². The van der Waals surface area contributed by atoms with E-state index >= 15 is 0 Å². The maximum Gasteiger partial charge on any atom is 0.336 e. The zero-order valence-electron chi connectivity index (χ0n) is 13.5. The van der Waals surface area contributed by atoms with E-state index in [2.05, 4.69) is 35.6 Å². The van der Waals surface area contributed by atoms with Crippen LogP contribution in [0.2, 0.25) is 0 Å². The average molecular weight is 317 g/mol. The van der Waals surface area contributed by atoms with Crippen molar-refractivity contribution in [3.63, 3.8) is 0 Å². The topological polar surface area (TPSA) is 49.3 Å². The molecule has 0 aliphatic heterocycles. The second-order valence-corrected chi connectivity index (χ2v) is 5.70. The van der Waals surface area contributed by atoms with E-state index in [1.807, 2.05) is 37.3 Å². The Balaban J connectivity index is 1.79. The molecule has 0 unspecified atom stereocenters. The minimum atomic E-state index is -0.901. The van der Waals surface area contributed by atoms with Crippen molar-refractivity contribution in [2.24, 2.45) is 0 Å². The molecule has 0 spiro atoms. The number of hydrogen-bond acceptors (Lipinski definition) is 2. The molecule has 24 heavy (non-hydrogen) atoms. The predicted octanol–water partition coefficient (Wildman–Crippen LogP) is 4.97. The second-order valence-electron chi connectivity index (χ2n) is 5.70. The summed E-state index contributed by atoms with van der Waals surface area (Å²) in [6.45, 7) is 2.47. The second kappa shape index (κ2) is 7.01. The standard InChI is InChI=1S/C21H19NO2/c1-15-19(21(23)24)11-6-12-20(15)22-14-16-7-5-10-18(13-16)17-8-3-2-4-9-17/h2-13,22H,14H2,1H3,(H,23,24). The van der Waals surface area contributed by atoms with Gasteiger partial charge in [0.05, 0.1) is 5.56 Å². The smallest absolute Gasteiger partial charge is 0.336 e. The van der Waals surface area contributed by atoms with Crippen LogP contribution in [-0.4, -0.2) is 11.1 Å². The van der Waals surface area contributed by atoms with Crippen molar-refractivity contribution < 1.29 is 9.90 Å². The molecule has 2 N–H and O–H groups in total. The lowest BCUT2D eigenvalue weighted by molar-refractivity contribution is 0.0696. The van der Waals surface area contributed by atoms with Crippen molar-refractivity contribution in [2.75, 3.05) is 5.32 Å². The van der Waals surface area contributed by atoms with Crippen LogP contribution in [0.1, 0.15) is 21.5 Å². The summed E-state index contributed by atoms with van der Waals surface area (Å²) in [5.74, 6) is -0.901. The molecule has 3 aromatic rings. The van der Waals surface area contributed by atoms with Gasteiger partial charge in [0.15, 0.2) is 0 Å². The van der Waals surface area contributed by atoms with Gasteiger partial charge in [0.25, 0.3) is 0 Å². The lowest BCUT2D eigenvalue weighted by Gasteiger charge is -2.12. The van der Waals surface area contributed by atoms with Gasteiger partial charge in [-0.3, -0.25) is 0 Å². The summed E-state index contributed by atoms with van der Waals surface area (Å²) < 4.78 is 0. The molecule has 0 saturated carbocycles. The Bertz CT molecular complexity index is 857. The van der Waals surface area contributed by atoms with Crippen LogP contribution in [-0.2, 0) is 6.54 Å². The molecule has 0 saturated heterocycles. The Morgan fingerprint density at radius 1 is 0.917 bits per heavy atom. The normalized spacial score (nSPS) is 10.4. The first kappa shape index (κ1) is 15.8. The van der Waals surface area contributed by atoms with Crippen molar-refractivity contribution >= 4 is 11.7 Å². The number of carbonyl (C=O) groups is 1. The van der Waals surface area contributed by atoms with Crippen LogP contribution >= 0.6 is 0 Å². The first-order chi connectivity index (χ1) is 11.6. The van der Waals surface area contributed by atoms with Crippen LogP contribution < -0.4 is 5.32 Å². The van der Waals surface area contributed by atoms with Crippen molar-refractivity contribution in [3.8, 4) is 11.1 Å². The molecule has 0 fully saturated rings. The lowest BCUT2D eigenvalue weighted by Crippen LogP contribution is -2.05. The minimum absolute atomic E-state index is 0.332. The maximum atomic E-state index is 11.2. The van der Waals surface area contributed by atoms with Gasteiger partial charge in [0.2, 0.25) is 0 Å². The van der Waals surface area contributed by atoms with Gasteiger partial charge >= 0.3 is 5.97 Å². The number of benzene rings is 3. The summed E-state index contributed by atoms with van der Waals surface area (Å²) in [6.07, 6.45) is 0. The van der Waals surface area contributed by atoms with E-state index in [0.717, 1.165) is 16.8 Å². The molecule has 120 valence electrons. The van der Waals surface area contributed by atoms with Crippen molar-refractivity contribution in [3.05, 3.63) is 89.5 Å². The molecule has 0 heterocycles. The van der Waals surface area contributed by atoms with E-state index in [1.165, 1.54) is 11.1 Å². The van der Waals surface area contributed by atoms with Gasteiger partial charge in [-0.2, -0.15) is 0 Å². The van der Waals surface area contributed by atoms with E-state index in [1.54, 1.807) is 12.1 Å². The average Bonchev–Trinajstić information content (AvgIpc) is 2.61. The van der Waals surface area contributed by atoms with Gasteiger partial charge in [0, 0.05) is 12.2 Å². The summed E-state index contributed by atoms with van der Waals surface area (Å²) in [4.78, 5) is 11.2. The van der Waals surface area contributed by atoms with Crippen LogP contribution in [0.25, 0.3) is 11.1 Å². The number of nitrogens with one attached hydrogen (secondary N) is 1. The van der Waals surface area contributed by atoms with Gasteiger partial charge in [-0.05, 0) is 47.4 Å². The summed E-state index contributed by atoms with van der Waals surface area (Å²) in [5.41, 5.74) is 5.44. The van der Waals surface area contributed by atoms with Crippen LogP contribution in [0.4, 0.5) is 5.69 Å². The first-order valence-corrected chi connectivity index (χ1v) is 7.86. The minimum Gasteiger partial charge on any atom is -0.478 e. The number of rotatable bonds is 5. The van der Waals surface area contributed by atoms with Gasteiger partial charge in [-0.25, -0.2) is 4.79 Å². The lowest BCUT2D eigenvalue weighted by atomic mass is 10.0. The van der Waals surface area contributed by atoms with Crippen molar-refractivity contribution in [1.29, 1.82) is 0 Å². The Morgan fingerprint density at radius 2 is 1.62 bits per heavy atom. The highest BCUT2D eigenvalue weighted by atomic mass is 16.4. The molecule has 0 aliphatic carbocycles. The molecule has 0 bridgehead atoms. The van der Waals surface area contributed by atoms with Crippen LogP contribution in [0.3, 0.4) is 0 Å². The number of hydrogen-bond donors (Lipinski definition) is 2. The van der Waals surface area contributed by atoms with Crippen molar-refractivity contribution in [2.45, 2.75) is 13.5 Å². The third kappa shape index (κ3) is 3.46. The highest BCUT2D eigenvalue weighted by Gasteiger charge is 2.09. The summed E-state index contributed by atoms with van der Waals surface area (Å²) in [5, 5.41) is 12.5. The van der Waals surface area contributed by atoms with Crippen molar-refractivity contribution in [1.82, 2.24) is 0 Å². The molecule has 3 nitrogen and oxygen atoms in total. The zero-order valence-corrected chi connectivity index (χ0v) is 13.5. The Hall–Kier alpha value is -3.07. The van der Waals surface area contributed by atoms with E-state index in [0.29, 0.717) is 12.1 Å². The Kier molecular flexibility index (Phi) is 4.62.